The fourth-order valence-electron chi connectivity index (χ4n) is 12.2. The van der Waals surface area contributed by atoms with Gasteiger partial charge in [-0.25, -0.2) is 23.6 Å². The summed E-state index contributed by atoms with van der Waals surface area (Å²) in [5.41, 5.74) is 21.5. The highest BCUT2D eigenvalue weighted by atomic mass is 19.1. The van der Waals surface area contributed by atoms with Crippen molar-refractivity contribution in [2.24, 2.45) is 45.6 Å². The summed E-state index contributed by atoms with van der Waals surface area (Å²) in [6, 6.07) is 18.5. The lowest BCUT2D eigenvalue weighted by molar-refractivity contribution is -0.173. The number of nitrogens with zero attached hydrogens (tertiary/aromatic N) is 3. The number of rotatable bonds is 13. The van der Waals surface area contributed by atoms with Crippen molar-refractivity contribution in [1.29, 1.82) is 0 Å². The van der Waals surface area contributed by atoms with E-state index in [0.29, 0.717) is 42.5 Å². The largest absolute Gasteiger partial charge is 0.412 e. The molecule has 3 aromatic rings. The number of primary amides is 4. The molecule has 4 amide bonds. The number of nitrogens with two attached hydrogens (primary N) is 4. The minimum absolute atomic E-state index is 0.0705. The van der Waals surface area contributed by atoms with Gasteiger partial charge in [0.05, 0.1) is 12.3 Å². The maximum absolute atomic E-state index is 15.6. The summed E-state index contributed by atoms with van der Waals surface area (Å²) < 4.78 is 26.2. The molecule has 4 bridgehead atoms. The molecule has 9 rings (SSSR count). The van der Waals surface area contributed by atoms with Gasteiger partial charge in [0.1, 0.15) is 5.82 Å². The lowest BCUT2D eigenvalue weighted by atomic mass is 9.58. The second-order valence-electron chi connectivity index (χ2n) is 19.5. The molecular formula is C48H60FN7O8. The number of hydrogen-bond donors (Lipinski definition) is 4. The van der Waals surface area contributed by atoms with Gasteiger partial charge in [-0.1, -0.05) is 90.1 Å². The smallest absolute Gasteiger partial charge is 0.375 e. The van der Waals surface area contributed by atoms with Crippen molar-refractivity contribution in [2.75, 3.05) is 18.0 Å². The minimum Gasteiger partial charge on any atom is -0.375 e. The zero-order valence-corrected chi connectivity index (χ0v) is 37.8. The second-order valence-corrected chi connectivity index (χ2v) is 19.5. The van der Waals surface area contributed by atoms with E-state index in [4.69, 9.17) is 32.4 Å². The van der Waals surface area contributed by atoms with Crippen LogP contribution in [0.15, 0.2) is 60.7 Å². The van der Waals surface area contributed by atoms with Gasteiger partial charge < -0.3 is 37.3 Å². The molecule has 2 aliphatic heterocycles. The van der Waals surface area contributed by atoms with Gasteiger partial charge in [0.15, 0.2) is 0 Å². The molecule has 3 aromatic carbocycles. The second kappa shape index (κ2) is 16.3. The molecule has 15 nitrogen and oxygen atoms in total. The summed E-state index contributed by atoms with van der Waals surface area (Å²) in [5.74, 6) is -7.02. The van der Waals surface area contributed by atoms with E-state index in [1.807, 2.05) is 67.3 Å². The standard InChI is InChI=1S/C48H60FN7O8/c1-25-19-21-54(47(39(50)57,41(59)63-43(52)61)45(5,6)33-23-29-9-13-31(33)14-10-29)37(25)56(36-18-17-35(49)27(3)28(36)4)38-26(2)20-22-55(38)48(40(51)58,42(60)64-44(53)62)46(7,8)34-24-30-11-15-32(34)16-12-30/h9-18,25-26,33-34,37-38H,19-24H2,1-8H3,(H2,50,57)(H2,51,58)(H2,52,61)(H2,53,62)/t25-,26-,33?,34?,37?,38?,47-,48-/m0/s1. The van der Waals surface area contributed by atoms with Crippen LogP contribution in [0.4, 0.5) is 19.7 Å². The molecule has 8 atom stereocenters. The Morgan fingerprint density at radius 1 is 0.609 bits per heavy atom. The van der Waals surface area contributed by atoms with Crippen molar-refractivity contribution in [1.82, 2.24) is 9.80 Å². The number of halogens is 1. The molecule has 0 radical (unpaired) electrons. The molecule has 6 aliphatic rings. The summed E-state index contributed by atoms with van der Waals surface area (Å²) in [6.07, 6.45) is -3.26. The van der Waals surface area contributed by atoms with Crippen molar-refractivity contribution in [3.05, 3.63) is 99.9 Å². The molecule has 4 unspecified atom stereocenters. The quantitative estimate of drug-likeness (QED) is 0.132. The number of hydrogen-bond acceptors (Lipinski definition) is 11. The van der Waals surface area contributed by atoms with Crippen molar-refractivity contribution in [3.8, 4) is 0 Å². The molecule has 0 spiro atoms. The summed E-state index contributed by atoms with van der Waals surface area (Å²) in [5, 5.41) is 0. The number of likely N-dealkylation sites (tertiary alicyclic amines) is 2. The average molecular weight is 882 g/mol. The molecule has 2 saturated heterocycles. The molecule has 16 heteroatoms. The predicted molar refractivity (Wildman–Crippen MR) is 235 cm³/mol. The van der Waals surface area contributed by atoms with Gasteiger partial charge in [0, 0.05) is 29.6 Å². The van der Waals surface area contributed by atoms with E-state index in [1.54, 1.807) is 57.4 Å². The first-order valence-corrected chi connectivity index (χ1v) is 21.8. The Kier molecular flexibility index (Phi) is 11.7. The van der Waals surface area contributed by atoms with Crippen molar-refractivity contribution in [2.45, 2.75) is 116 Å². The monoisotopic (exact) mass is 881 g/mol. The lowest BCUT2D eigenvalue weighted by Crippen LogP contribution is -2.78. The fraction of sp³-hybridized carbons (Fsp3) is 0.500. The third-order valence-corrected chi connectivity index (χ3v) is 15.7. The van der Waals surface area contributed by atoms with Crippen molar-refractivity contribution in [3.63, 3.8) is 0 Å². The van der Waals surface area contributed by atoms with Crippen molar-refractivity contribution >= 4 is 41.6 Å². The van der Waals surface area contributed by atoms with Crippen LogP contribution < -0.4 is 27.8 Å². The number of carbonyl (C=O) groups is 6. The first kappa shape index (κ1) is 46.1. The number of benzene rings is 3. The Balaban J connectivity index is 1.52. The van der Waals surface area contributed by atoms with Crippen LogP contribution in [0.1, 0.15) is 99.6 Å². The maximum Gasteiger partial charge on any atom is 0.412 e. The molecule has 4 aliphatic carbocycles. The van der Waals surface area contributed by atoms with E-state index < -0.39 is 99.7 Å². The molecule has 0 aromatic heterocycles. The number of fused-ring (bicyclic) bond motifs is 6. The number of amides is 4. The molecule has 2 fully saturated rings. The molecule has 64 heavy (non-hydrogen) atoms. The van der Waals surface area contributed by atoms with Crippen LogP contribution in [-0.4, -0.2) is 82.2 Å². The van der Waals surface area contributed by atoms with Gasteiger partial charge in [-0.3, -0.25) is 19.4 Å². The van der Waals surface area contributed by atoms with Crippen LogP contribution in [0.2, 0.25) is 0 Å². The van der Waals surface area contributed by atoms with Gasteiger partial charge >= 0.3 is 24.1 Å². The Labute approximate surface area is 372 Å². The topological polar surface area (TPSA) is 235 Å². The molecular weight excluding hydrogens is 822 g/mol. The maximum atomic E-state index is 15.6. The number of ether oxygens (including phenoxy) is 2. The van der Waals surface area contributed by atoms with Gasteiger partial charge in [-0.15, -0.1) is 0 Å². The van der Waals surface area contributed by atoms with Gasteiger partial charge in [-0.2, -0.15) is 0 Å². The average Bonchev–Trinajstić information content (AvgIpc) is 3.80. The van der Waals surface area contributed by atoms with Crippen LogP contribution in [0.3, 0.4) is 0 Å². The Morgan fingerprint density at radius 2 is 0.984 bits per heavy atom. The van der Waals surface area contributed by atoms with Gasteiger partial charge in [-0.05, 0) is 109 Å². The Morgan fingerprint density at radius 3 is 1.30 bits per heavy atom. The van der Waals surface area contributed by atoms with Crippen LogP contribution in [0, 0.1) is 42.3 Å². The molecule has 2 heterocycles. The fourth-order valence-corrected chi connectivity index (χ4v) is 12.2. The normalized spacial score (nSPS) is 25.0. The van der Waals surface area contributed by atoms with E-state index in [-0.39, 0.29) is 13.1 Å². The van der Waals surface area contributed by atoms with E-state index in [0.717, 1.165) is 22.3 Å². The SMILES string of the molecule is Cc1c(F)ccc(N(C2[C@@H](C)CCN2[C@@](C(N)=O)(C(=O)OC(N)=O)C(C)(C)C2Cc3ccc2cc3)C2[C@@H](C)CCN2[C@@](C(N)=O)(C(=O)OC(N)=O)C(C)(C)C2Cc3ccc2cc3)c1C. The first-order valence-electron chi connectivity index (χ1n) is 21.8. The minimum atomic E-state index is -2.40. The summed E-state index contributed by atoms with van der Waals surface area (Å²) >= 11 is 0. The highest BCUT2D eigenvalue weighted by Crippen LogP contribution is 2.57. The number of esters is 2. The molecule has 8 N–H and O–H groups in total. The first-order chi connectivity index (χ1) is 30.0. The highest BCUT2D eigenvalue weighted by molar-refractivity contribution is 6.11. The Hall–Kier alpha value is -5.87. The zero-order chi connectivity index (χ0) is 47.0. The van der Waals surface area contributed by atoms with E-state index in [2.05, 4.69) is 0 Å². The van der Waals surface area contributed by atoms with Crippen LogP contribution in [0.25, 0.3) is 0 Å². The van der Waals surface area contributed by atoms with E-state index >= 15 is 14.0 Å². The van der Waals surface area contributed by atoms with Gasteiger partial charge in [0.25, 0.3) is 0 Å². The summed E-state index contributed by atoms with van der Waals surface area (Å²) in [7, 11) is 0. The molecule has 342 valence electrons. The number of anilines is 1. The lowest BCUT2D eigenvalue weighted by Gasteiger charge is -2.58. The van der Waals surface area contributed by atoms with E-state index in [1.165, 1.54) is 6.07 Å². The third kappa shape index (κ3) is 6.74. The van der Waals surface area contributed by atoms with Crippen LogP contribution in [-0.2, 0) is 41.5 Å². The van der Waals surface area contributed by atoms with Crippen LogP contribution >= 0.6 is 0 Å². The summed E-state index contributed by atoms with van der Waals surface area (Å²) in [4.78, 5) is 90.2. The van der Waals surface area contributed by atoms with Crippen LogP contribution in [0.5, 0.6) is 0 Å². The van der Waals surface area contributed by atoms with Gasteiger partial charge in [0.2, 0.25) is 22.9 Å². The predicted octanol–water partition coefficient (Wildman–Crippen LogP) is 5.01. The zero-order valence-electron chi connectivity index (χ0n) is 37.8. The van der Waals surface area contributed by atoms with E-state index in [9.17, 15) is 19.2 Å². The number of carbonyl (C=O) groups excluding carboxylic acids is 6. The third-order valence-electron chi connectivity index (χ3n) is 15.7. The molecule has 0 saturated carbocycles. The highest BCUT2D eigenvalue weighted by Gasteiger charge is 2.71. The summed E-state index contributed by atoms with van der Waals surface area (Å²) in [6.45, 7) is 14.4. The van der Waals surface area contributed by atoms with Crippen molar-refractivity contribution < 1.29 is 42.6 Å². The Bertz CT molecular complexity index is 2270.